The van der Waals surface area contributed by atoms with E-state index in [2.05, 4.69) is 91.4 Å². The predicted octanol–water partition coefficient (Wildman–Crippen LogP) is 4.71. The van der Waals surface area contributed by atoms with Crippen LogP contribution >= 0.6 is 22.6 Å². The molecule has 1 saturated carbocycles. The number of piperazine rings is 1. The van der Waals surface area contributed by atoms with Gasteiger partial charge in [-0.15, -0.1) is 0 Å². The number of anilines is 2. The van der Waals surface area contributed by atoms with Gasteiger partial charge in [0.25, 0.3) is 0 Å². The lowest BCUT2D eigenvalue weighted by Gasteiger charge is -2.36. The van der Waals surface area contributed by atoms with E-state index in [-0.39, 0.29) is 0 Å². The lowest BCUT2D eigenvalue weighted by Crippen LogP contribution is -2.47. The van der Waals surface area contributed by atoms with Gasteiger partial charge in [0.2, 0.25) is 0 Å². The molecule has 0 spiro atoms. The first-order valence-electron chi connectivity index (χ1n) is 10.6. The van der Waals surface area contributed by atoms with Crippen molar-refractivity contribution in [3.8, 4) is 0 Å². The number of hydrogen-bond acceptors (Lipinski definition) is 4. The summed E-state index contributed by atoms with van der Waals surface area (Å²) in [5, 5.41) is 3.48. The van der Waals surface area contributed by atoms with E-state index < -0.39 is 0 Å². The fraction of sp³-hybridized carbons (Fsp3) is 0.375. The zero-order valence-electron chi connectivity index (χ0n) is 16.6. The smallest absolute Gasteiger partial charge is 0.0660 e. The summed E-state index contributed by atoms with van der Waals surface area (Å²) in [6.07, 6.45) is 6.98. The molecule has 2 heterocycles. The molecule has 1 aliphatic carbocycles. The Morgan fingerprint density at radius 2 is 1.83 bits per heavy atom. The maximum atomic E-state index is 4.50. The Balaban J connectivity index is 1.21. The van der Waals surface area contributed by atoms with Gasteiger partial charge >= 0.3 is 0 Å². The maximum Gasteiger partial charge on any atom is 0.0660 e. The third kappa shape index (κ3) is 4.67. The topological polar surface area (TPSA) is 30.9 Å². The third-order valence-corrected chi connectivity index (χ3v) is 6.76. The largest absolute Gasteiger partial charge is 0.369 e. The minimum absolute atomic E-state index is 0.726. The van der Waals surface area contributed by atoms with Gasteiger partial charge in [0.1, 0.15) is 0 Å². The minimum Gasteiger partial charge on any atom is -0.369 e. The van der Waals surface area contributed by atoms with E-state index in [9.17, 15) is 0 Å². The highest BCUT2D eigenvalue weighted by atomic mass is 127. The molecule has 2 aliphatic heterocycles. The zero-order chi connectivity index (χ0) is 19.6. The summed E-state index contributed by atoms with van der Waals surface area (Å²) in [7, 11) is 0. The molecule has 0 bridgehead atoms. The van der Waals surface area contributed by atoms with Crippen LogP contribution in [0.1, 0.15) is 24.0 Å². The highest BCUT2D eigenvalue weighted by Crippen LogP contribution is 2.30. The molecule has 2 aromatic rings. The number of rotatable bonds is 5. The second kappa shape index (κ2) is 8.48. The quantitative estimate of drug-likeness (QED) is 0.606. The summed E-state index contributed by atoms with van der Waals surface area (Å²) in [4.78, 5) is 9.65. The van der Waals surface area contributed by atoms with Gasteiger partial charge in [-0.25, -0.2) is 0 Å². The van der Waals surface area contributed by atoms with Crippen molar-refractivity contribution in [2.24, 2.45) is 10.9 Å². The number of benzene rings is 2. The van der Waals surface area contributed by atoms with Crippen LogP contribution in [0.2, 0.25) is 0 Å². The van der Waals surface area contributed by atoms with Crippen LogP contribution in [0, 0.1) is 9.49 Å². The number of nitrogens with one attached hydrogen (secondary N) is 1. The first-order chi connectivity index (χ1) is 14.2. The van der Waals surface area contributed by atoms with E-state index in [0.717, 1.165) is 31.2 Å². The van der Waals surface area contributed by atoms with Crippen molar-refractivity contribution in [3.05, 3.63) is 63.4 Å². The molecule has 0 radical (unpaired) electrons. The first-order valence-corrected chi connectivity index (χ1v) is 11.7. The molecule has 2 aromatic carbocycles. The molecule has 3 aliphatic rings. The fourth-order valence-corrected chi connectivity index (χ4v) is 4.65. The van der Waals surface area contributed by atoms with Crippen LogP contribution in [0.5, 0.6) is 0 Å². The Morgan fingerprint density at radius 3 is 2.59 bits per heavy atom. The zero-order valence-corrected chi connectivity index (χ0v) is 18.8. The summed E-state index contributed by atoms with van der Waals surface area (Å²) in [5.74, 6) is 0.992. The van der Waals surface area contributed by atoms with Gasteiger partial charge in [0.15, 0.2) is 0 Å². The van der Waals surface area contributed by atoms with Crippen molar-refractivity contribution >= 4 is 45.8 Å². The summed E-state index contributed by atoms with van der Waals surface area (Å²) in [6, 6.07) is 15.4. The van der Waals surface area contributed by atoms with Crippen LogP contribution in [-0.4, -0.2) is 50.4 Å². The number of nitrogens with zero attached hydrogens (tertiary/aromatic N) is 3. The van der Waals surface area contributed by atoms with E-state index in [0.29, 0.717) is 0 Å². The van der Waals surface area contributed by atoms with Gasteiger partial charge in [-0.1, -0.05) is 6.07 Å². The van der Waals surface area contributed by atoms with Gasteiger partial charge in [-0.3, -0.25) is 9.89 Å². The van der Waals surface area contributed by atoms with Crippen LogP contribution < -0.4 is 10.2 Å². The molecular weight excluding hydrogens is 471 g/mol. The van der Waals surface area contributed by atoms with Crippen molar-refractivity contribution < 1.29 is 0 Å². The second-order valence-electron chi connectivity index (χ2n) is 8.29. The Labute approximate surface area is 186 Å². The summed E-state index contributed by atoms with van der Waals surface area (Å²) in [6.45, 7) is 6.71. The van der Waals surface area contributed by atoms with Gasteiger partial charge in [-0.05, 0) is 94.4 Å². The standard InChI is InChI=1S/C24H27IN4/c25-21-4-3-19-14-26-15-20(24(19)13-21)16-27-22-5-7-23(8-6-22)29-11-9-28(10-12-29)17-18-1-2-18/h3-8,13-14,16,18,27H,1-2,9-12,15,17H2/b20-16+. The Kier molecular flexibility index (Phi) is 5.59. The third-order valence-electron chi connectivity index (χ3n) is 6.08. The molecule has 0 amide bonds. The molecule has 0 atom stereocenters. The lowest BCUT2D eigenvalue weighted by molar-refractivity contribution is 0.248. The lowest BCUT2D eigenvalue weighted by atomic mass is 9.99. The molecule has 0 unspecified atom stereocenters. The van der Waals surface area contributed by atoms with Crippen molar-refractivity contribution in [1.82, 2.24) is 4.90 Å². The normalized spacial score (nSPS) is 20.7. The second-order valence-corrected chi connectivity index (χ2v) is 9.54. The molecule has 0 aromatic heterocycles. The van der Waals surface area contributed by atoms with Crippen LogP contribution in [0.15, 0.2) is 53.7 Å². The number of fused-ring (bicyclic) bond motifs is 1. The van der Waals surface area contributed by atoms with E-state index in [1.807, 2.05) is 6.21 Å². The van der Waals surface area contributed by atoms with Gasteiger partial charge < -0.3 is 10.2 Å². The van der Waals surface area contributed by atoms with Crippen molar-refractivity contribution in [2.75, 3.05) is 49.5 Å². The van der Waals surface area contributed by atoms with E-state index in [1.165, 1.54) is 58.4 Å². The van der Waals surface area contributed by atoms with Crippen molar-refractivity contribution in [1.29, 1.82) is 0 Å². The molecule has 1 saturated heterocycles. The molecule has 5 heteroatoms. The highest BCUT2D eigenvalue weighted by molar-refractivity contribution is 14.1. The van der Waals surface area contributed by atoms with Crippen LogP contribution in [0.3, 0.4) is 0 Å². The Bertz CT molecular complexity index is 922. The van der Waals surface area contributed by atoms with Crippen LogP contribution in [-0.2, 0) is 0 Å². The average molecular weight is 498 g/mol. The predicted molar refractivity (Wildman–Crippen MR) is 131 cm³/mol. The van der Waals surface area contributed by atoms with Crippen molar-refractivity contribution in [3.63, 3.8) is 0 Å². The molecule has 4 nitrogen and oxygen atoms in total. The van der Waals surface area contributed by atoms with E-state index in [1.54, 1.807) is 0 Å². The first kappa shape index (κ1) is 19.1. The SMILES string of the molecule is Ic1ccc2c(c1)/C(=C/Nc1ccc(N3CCN(CC4CC4)CC3)cc1)CN=C2. The molecular formula is C24H27IN4. The van der Waals surface area contributed by atoms with Crippen molar-refractivity contribution in [2.45, 2.75) is 12.8 Å². The molecule has 1 N–H and O–H groups in total. The Hall–Kier alpha value is -1.86. The van der Waals surface area contributed by atoms with Crippen LogP contribution in [0.25, 0.3) is 5.57 Å². The molecule has 150 valence electrons. The van der Waals surface area contributed by atoms with Gasteiger partial charge in [0, 0.05) is 60.1 Å². The fourth-order valence-electron chi connectivity index (χ4n) is 4.16. The Morgan fingerprint density at radius 1 is 1.03 bits per heavy atom. The monoisotopic (exact) mass is 498 g/mol. The highest BCUT2D eigenvalue weighted by Gasteiger charge is 2.26. The summed E-state index contributed by atoms with van der Waals surface area (Å²) < 4.78 is 1.25. The number of halogens is 1. The maximum absolute atomic E-state index is 4.50. The number of hydrogen-bond donors (Lipinski definition) is 1. The summed E-state index contributed by atoms with van der Waals surface area (Å²) >= 11 is 2.37. The van der Waals surface area contributed by atoms with Gasteiger partial charge in [-0.2, -0.15) is 0 Å². The van der Waals surface area contributed by atoms with Crippen LogP contribution in [0.4, 0.5) is 11.4 Å². The van der Waals surface area contributed by atoms with E-state index in [4.69, 9.17) is 0 Å². The minimum atomic E-state index is 0.726. The average Bonchev–Trinajstić information content (AvgIpc) is 3.57. The molecule has 2 fully saturated rings. The number of aliphatic imine (C=N–C) groups is 1. The molecule has 29 heavy (non-hydrogen) atoms. The van der Waals surface area contributed by atoms with Gasteiger partial charge in [0.05, 0.1) is 6.54 Å². The summed E-state index contributed by atoms with van der Waals surface area (Å²) in [5.41, 5.74) is 6.16. The van der Waals surface area contributed by atoms with E-state index >= 15 is 0 Å². The molecule has 5 rings (SSSR count).